The van der Waals surface area contributed by atoms with Gasteiger partial charge >= 0.3 is 0 Å². The predicted octanol–water partition coefficient (Wildman–Crippen LogP) is 2.87. The first-order chi connectivity index (χ1) is 8.50. The van der Waals surface area contributed by atoms with Crippen LogP contribution in [-0.2, 0) is 0 Å². The van der Waals surface area contributed by atoms with Gasteiger partial charge in [-0.15, -0.1) is 0 Å². The molecule has 0 amide bonds. The summed E-state index contributed by atoms with van der Waals surface area (Å²) in [5, 5.41) is 0. The molecule has 0 unspecified atom stereocenters. The van der Waals surface area contributed by atoms with Crippen molar-refractivity contribution >= 4 is 5.78 Å². The average Bonchev–Trinajstić information content (AvgIpc) is 2.36. The molecule has 2 rings (SSSR count). The summed E-state index contributed by atoms with van der Waals surface area (Å²) in [4.78, 5) is 15.2. The highest BCUT2D eigenvalue weighted by atomic mass is 19.2. The zero-order valence-electron chi connectivity index (χ0n) is 8.75. The van der Waals surface area contributed by atoms with E-state index in [0.717, 1.165) is 24.4 Å². The minimum atomic E-state index is -1.73. The van der Waals surface area contributed by atoms with Gasteiger partial charge in [0.2, 0.25) is 5.78 Å². The van der Waals surface area contributed by atoms with E-state index in [4.69, 9.17) is 0 Å². The van der Waals surface area contributed by atoms with E-state index in [-0.39, 0.29) is 5.69 Å². The SMILES string of the molecule is O=C(c1ccc(F)cn1)c1ccc(F)c(F)c1F. The van der Waals surface area contributed by atoms with Gasteiger partial charge in [0.05, 0.1) is 11.8 Å². The lowest BCUT2D eigenvalue weighted by molar-refractivity contribution is 0.102. The van der Waals surface area contributed by atoms with Crippen molar-refractivity contribution in [3.8, 4) is 0 Å². The fourth-order valence-electron chi connectivity index (χ4n) is 1.35. The molecule has 0 saturated heterocycles. The Morgan fingerprint density at radius 1 is 0.944 bits per heavy atom. The highest BCUT2D eigenvalue weighted by Gasteiger charge is 2.20. The molecular weight excluding hydrogens is 250 g/mol. The first kappa shape index (κ1) is 12.2. The highest BCUT2D eigenvalue weighted by molar-refractivity contribution is 6.07. The number of ketones is 1. The zero-order valence-corrected chi connectivity index (χ0v) is 8.75. The molecule has 0 aliphatic rings. The van der Waals surface area contributed by atoms with Gasteiger partial charge in [0, 0.05) is 0 Å². The maximum Gasteiger partial charge on any atom is 0.214 e. The number of benzene rings is 1. The number of hydrogen-bond donors (Lipinski definition) is 0. The normalized spacial score (nSPS) is 10.4. The molecule has 0 atom stereocenters. The Bertz CT molecular complexity index is 610. The molecule has 0 radical (unpaired) electrons. The van der Waals surface area contributed by atoms with Crippen molar-refractivity contribution in [3.05, 3.63) is 65.0 Å². The molecule has 1 heterocycles. The summed E-state index contributed by atoms with van der Waals surface area (Å²) in [7, 11) is 0. The number of rotatable bonds is 2. The molecule has 0 saturated carbocycles. The highest BCUT2D eigenvalue weighted by Crippen LogP contribution is 2.17. The van der Waals surface area contributed by atoms with Crippen LogP contribution < -0.4 is 0 Å². The topological polar surface area (TPSA) is 30.0 Å². The van der Waals surface area contributed by atoms with Crippen LogP contribution in [-0.4, -0.2) is 10.8 Å². The van der Waals surface area contributed by atoms with Crippen LogP contribution in [0.2, 0.25) is 0 Å². The van der Waals surface area contributed by atoms with Crippen LogP contribution >= 0.6 is 0 Å². The van der Waals surface area contributed by atoms with Gasteiger partial charge in [-0.1, -0.05) is 0 Å². The molecule has 6 heteroatoms. The number of hydrogen-bond acceptors (Lipinski definition) is 2. The minimum absolute atomic E-state index is 0.263. The van der Waals surface area contributed by atoms with Gasteiger partial charge in [-0.3, -0.25) is 4.79 Å². The molecule has 0 spiro atoms. The predicted molar refractivity (Wildman–Crippen MR) is 53.9 cm³/mol. The fraction of sp³-hybridized carbons (Fsp3) is 0. The molecule has 0 bridgehead atoms. The van der Waals surface area contributed by atoms with Gasteiger partial charge in [0.1, 0.15) is 11.5 Å². The summed E-state index contributed by atoms with van der Waals surface area (Å²) >= 11 is 0. The summed E-state index contributed by atoms with van der Waals surface area (Å²) in [5.41, 5.74) is -0.922. The Morgan fingerprint density at radius 2 is 1.67 bits per heavy atom. The molecular formula is C12H5F4NO. The number of halogens is 4. The molecule has 2 aromatic rings. The van der Waals surface area contributed by atoms with Crippen molar-refractivity contribution < 1.29 is 22.4 Å². The number of aromatic nitrogens is 1. The van der Waals surface area contributed by atoms with Gasteiger partial charge in [-0.25, -0.2) is 22.5 Å². The summed E-state index contributed by atoms with van der Waals surface area (Å²) in [6, 6.07) is 3.42. The van der Waals surface area contributed by atoms with Crippen molar-refractivity contribution in [2.24, 2.45) is 0 Å². The largest absolute Gasteiger partial charge is 0.287 e. The van der Waals surface area contributed by atoms with E-state index in [9.17, 15) is 22.4 Å². The van der Waals surface area contributed by atoms with Crippen LogP contribution in [0.15, 0.2) is 30.5 Å². The van der Waals surface area contributed by atoms with Gasteiger partial charge < -0.3 is 0 Å². The molecule has 1 aromatic carbocycles. The van der Waals surface area contributed by atoms with Crippen molar-refractivity contribution in [2.75, 3.05) is 0 Å². The third-order valence-corrected chi connectivity index (χ3v) is 2.24. The van der Waals surface area contributed by atoms with Crippen molar-refractivity contribution in [2.45, 2.75) is 0 Å². The van der Waals surface area contributed by atoms with Crippen LogP contribution in [0.25, 0.3) is 0 Å². The van der Waals surface area contributed by atoms with Crippen LogP contribution in [0.3, 0.4) is 0 Å². The van der Waals surface area contributed by atoms with Crippen LogP contribution in [0.4, 0.5) is 17.6 Å². The average molecular weight is 255 g/mol. The van der Waals surface area contributed by atoms with Crippen LogP contribution in [0.5, 0.6) is 0 Å². The Labute approximate surface area is 98.9 Å². The van der Waals surface area contributed by atoms with Crippen molar-refractivity contribution in [1.29, 1.82) is 0 Å². The van der Waals surface area contributed by atoms with E-state index in [1.165, 1.54) is 0 Å². The van der Waals surface area contributed by atoms with Gasteiger partial charge in [0.25, 0.3) is 0 Å². The summed E-state index contributed by atoms with van der Waals surface area (Å²) in [6.45, 7) is 0. The third kappa shape index (κ3) is 2.09. The quantitative estimate of drug-likeness (QED) is 0.469. The first-order valence-electron chi connectivity index (χ1n) is 4.80. The van der Waals surface area contributed by atoms with E-state index in [1.54, 1.807) is 0 Å². The number of carbonyl (C=O) groups excluding carboxylic acids is 1. The Hall–Kier alpha value is -2.24. The Balaban J connectivity index is 2.46. The van der Waals surface area contributed by atoms with Crippen LogP contribution in [0.1, 0.15) is 16.1 Å². The molecule has 0 aliphatic carbocycles. The van der Waals surface area contributed by atoms with Gasteiger partial charge in [-0.05, 0) is 24.3 Å². The van der Waals surface area contributed by atoms with E-state index >= 15 is 0 Å². The second kappa shape index (κ2) is 4.56. The molecule has 0 aliphatic heterocycles. The lowest BCUT2D eigenvalue weighted by atomic mass is 10.1. The molecule has 0 N–H and O–H groups in total. The monoisotopic (exact) mass is 255 g/mol. The van der Waals surface area contributed by atoms with Gasteiger partial charge in [-0.2, -0.15) is 0 Å². The Kier molecular flexibility index (Phi) is 3.10. The second-order valence-electron chi connectivity index (χ2n) is 3.41. The lowest BCUT2D eigenvalue weighted by Crippen LogP contribution is -2.09. The molecule has 1 aromatic heterocycles. The smallest absolute Gasteiger partial charge is 0.214 e. The number of carbonyl (C=O) groups is 1. The maximum atomic E-state index is 13.3. The summed E-state index contributed by atoms with van der Waals surface area (Å²) in [5.74, 6) is -6.34. The van der Waals surface area contributed by atoms with Crippen molar-refractivity contribution in [1.82, 2.24) is 4.98 Å². The van der Waals surface area contributed by atoms with E-state index in [0.29, 0.717) is 6.07 Å². The number of nitrogens with zero attached hydrogens (tertiary/aromatic N) is 1. The molecule has 18 heavy (non-hydrogen) atoms. The zero-order chi connectivity index (χ0) is 13.3. The summed E-state index contributed by atoms with van der Waals surface area (Å²) < 4.78 is 51.6. The standard InChI is InChI=1S/C12H5F4NO/c13-6-1-4-9(17-5-6)12(18)7-2-3-8(14)11(16)10(7)15/h1-5H. The minimum Gasteiger partial charge on any atom is -0.287 e. The molecule has 92 valence electrons. The molecule has 2 nitrogen and oxygen atoms in total. The number of pyridine rings is 1. The van der Waals surface area contributed by atoms with Gasteiger partial charge in [0.15, 0.2) is 17.5 Å². The lowest BCUT2D eigenvalue weighted by Gasteiger charge is -2.03. The third-order valence-electron chi connectivity index (χ3n) is 2.24. The molecule has 0 fully saturated rings. The first-order valence-corrected chi connectivity index (χ1v) is 4.80. The maximum absolute atomic E-state index is 13.3. The summed E-state index contributed by atoms with van der Waals surface area (Å²) in [6.07, 6.45) is 0.769. The fourth-order valence-corrected chi connectivity index (χ4v) is 1.35. The van der Waals surface area contributed by atoms with Crippen molar-refractivity contribution in [3.63, 3.8) is 0 Å². The second-order valence-corrected chi connectivity index (χ2v) is 3.41. The van der Waals surface area contributed by atoms with E-state index in [1.807, 2.05) is 0 Å². The van der Waals surface area contributed by atoms with E-state index in [2.05, 4.69) is 4.98 Å². The van der Waals surface area contributed by atoms with Crippen LogP contribution in [0, 0.1) is 23.3 Å². The van der Waals surface area contributed by atoms with E-state index < -0.39 is 34.6 Å². The Morgan fingerprint density at radius 3 is 2.28 bits per heavy atom.